The molecule has 5 nitrogen and oxygen atoms in total. The molecule has 37 heavy (non-hydrogen) atoms. The molecule has 4 N–H and O–H groups in total. The van der Waals surface area contributed by atoms with Gasteiger partial charge < -0.3 is 25.4 Å². The fourth-order valence-electron chi connectivity index (χ4n) is 10.9. The Morgan fingerprint density at radius 1 is 1.16 bits per heavy atom. The van der Waals surface area contributed by atoms with Gasteiger partial charge in [-0.15, -0.1) is 0 Å². The van der Waals surface area contributed by atoms with Gasteiger partial charge in [0.25, 0.3) is 0 Å². The van der Waals surface area contributed by atoms with Crippen LogP contribution >= 0.6 is 0 Å². The highest BCUT2D eigenvalue weighted by atomic mass is 16.5. The number of ether oxygens (including phenoxy) is 1. The van der Waals surface area contributed by atoms with Crippen LogP contribution < -0.4 is 5.32 Å². The summed E-state index contributed by atoms with van der Waals surface area (Å²) in [5.74, 6) is 1.73. The summed E-state index contributed by atoms with van der Waals surface area (Å²) in [5, 5.41) is 36.7. The number of hydrogen-bond acceptors (Lipinski definition) is 5. The van der Waals surface area contributed by atoms with Gasteiger partial charge in [0, 0.05) is 24.8 Å². The molecule has 4 fully saturated rings. The topological polar surface area (TPSA) is 82.0 Å². The average molecular weight is 510 g/mol. The van der Waals surface area contributed by atoms with E-state index in [1.54, 1.807) is 13.2 Å². The number of aliphatic hydroxyl groups is 3. The summed E-state index contributed by atoms with van der Waals surface area (Å²) >= 11 is 0. The lowest BCUT2D eigenvalue weighted by molar-refractivity contribution is -0.181. The molecular weight excluding hydrogens is 462 g/mol. The first-order valence-corrected chi connectivity index (χ1v) is 14.7. The molecule has 0 saturated heterocycles. The molecular formula is C32H47NO4. The molecule has 5 aliphatic rings. The second-order valence-corrected chi connectivity index (χ2v) is 13.8. The number of nitrogens with one attached hydrogen (secondary N) is 1. The summed E-state index contributed by atoms with van der Waals surface area (Å²) in [6.45, 7) is 9.39. The van der Waals surface area contributed by atoms with Crippen molar-refractivity contribution in [2.45, 2.75) is 96.9 Å². The van der Waals surface area contributed by atoms with Gasteiger partial charge in [0.1, 0.15) is 11.7 Å². The van der Waals surface area contributed by atoms with Crippen molar-refractivity contribution in [2.75, 3.05) is 19.0 Å². The van der Waals surface area contributed by atoms with Gasteiger partial charge >= 0.3 is 0 Å². The van der Waals surface area contributed by atoms with Gasteiger partial charge in [-0.3, -0.25) is 0 Å². The van der Waals surface area contributed by atoms with Gasteiger partial charge in [-0.05, 0) is 110 Å². The summed E-state index contributed by atoms with van der Waals surface area (Å²) in [6, 6.07) is 6.87. The summed E-state index contributed by atoms with van der Waals surface area (Å²) in [4.78, 5) is 0. The van der Waals surface area contributed by atoms with Crippen LogP contribution in [0.1, 0.15) is 77.3 Å². The number of hydrogen-bond donors (Lipinski definition) is 4. The molecule has 1 aromatic carbocycles. The maximum absolute atomic E-state index is 12.4. The zero-order chi connectivity index (χ0) is 26.4. The van der Waals surface area contributed by atoms with Crippen LogP contribution in [-0.4, -0.2) is 46.8 Å². The Bertz CT molecular complexity index is 1100. The first-order valence-electron chi connectivity index (χ1n) is 14.7. The lowest BCUT2D eigenvalue weighted by Crippen LogP contribution is -2.59. The molecule has 6 rings (SSSR count). The zero-order valence-corrected chi connectivity index (χ0v) is 23.4. The minimum Gasteiger partial charge on any atom is -0.512 e. The maximum Gasteiger partial charge on any atom is 0.110 e. The van der Waals surface area contributed by atoms with E-state index in [1.165, 1.54) is 43.2 Å². The van der Waals surface area contributed by atoms with Crippen LogP contribution in [0.2, 0.25) is 0 Å². The normalized spacial score (nSPS) is 46.4. The van der Waals surface area contributed by atoms with E-state index >= 15 is 0 Å². The molecule has 4 bridgehead atoms. The first kappa shape index (κ1) is 25.7. The van der Waals surface area contributed by atoms with Crippen LogP contribution in [0.15, 0.2) is 30.0 Å². The van der Waals surface area contributed by atoms with Gasteiger partial charge in [0.15, 0.2) is 0 Å². The Hall–Kier alpha value is -1.56. The summed E-state index contributed by atoms with van der Waals surface area (Å²) < 4.78 is 5.82. The van der Waals surface area contributed by atoms with Crippen molar-refractivity contribution in [3.05, 3.63) is 41.2 Å². The van der Waals surface area contributed by atoms with Gasteiger partial charge in [0.05, 0.1) is 17.8 Å². The maximum atomic E-state index is 12.4. The lowest BCUT2D eigenvalue weighted by atomic mass is 9.48. The lowest BCUT2D eigenvalue weighted by Gasteiger charge is -2.56. The molecule has 0 heterocycles. The van der Waals surface area contributed by atoms with Crippen molar-refractivity contribution >= 4 is 5.69 Å². The van der Waals surface area contributed by atoms with E-state index in [2.05, 4.69) is 44.3 Å². The Morgan fingerprint density at radius 2 is 1.92 bits per heavy atom. The van der Waals surface area contributed by atoms with E-state index in [-0.39, 0.29) is 28.3 Å². The summed E-state index contributed by atoms with van der Waals surface area (Å²) in [5.41, 5.74) is 2.75. The molecule has 0 aromatic heterocycles. The standard InChI is InChI=1S/C32H47NO4/c1-6-22-8-7-20(14-24(22)33-18-19(2)34)13-21-9-11-31(16-21)12-10-23-17-29(3)30(31,4)27(23)28-25(35)15-26(37-5)32(28,29)36/h7-8,14-15,19,21,23,26-28,33-36H,6,9-13,16-18H2,1-5H3. The monoisotopic (exact) mass is 509 g/mol. The van der Waals surface area contributed by atoms with Gasteiger partial charge in [-0.2, -0.15) is 0 Å². The highest BCUT2D eigenvalue weighted by Gasteiger charge is 2.86. The third-order valence-electron chi connectivity index (χ3n) is 12.5. The summed E-state index contributed by atoms with van der Waals surface area (Å²) in [6.07, 6.45) is 10.2. The second kappa shape index (κ2) is 8.47. The third kappa shape index (κ3) is 3.14. The van der Waals surface area contributed by atoms with Crippen molar-refractivity contribution in [2.24, 2.45) is 39.9 Å². The second-order valence-electron chi connectivity index (χ2n) is 13.8. The van der Waals surface area contributed by atoms with Gasteiger partial charge in [0.2, 0.25) is 0 Å². The molecule has 5 heteroatoms. The minimum atomic E-state index is -1.02. The van der Waals surface area contributed by atoms with Crippen molar-refractivity contribution in [1.82, 2.24) is 0 Å². The molecule has 10 unspecified atom stereocenters. The van der Waals surface area contributed by atoms with E-state index in [4.69, 9.17) is 4.74 Å². The average Bonchev–Trinajstić information content (AvgIpc) is 3.49. The predicted octanol–water partition coefficient (Wildman–Crippen LogP) is 5.64. The number of aryl methyl sites for hydroxylation is 1. The number of rotatable bonds is 7. The minimum absolute atomic E-state index is 0.00779. The van der Waals surface area contributed by atoms with E-state index < -0.39 is 11.7 Å². The Morgan fingerprint density at radius 3 is 2.62 bits per heavy atom. The first-order chi connectivity index (χ1) is 17.5. The number of fused-ring (bicyclic) bond motifs is 2. The number of aliphatic hydroxyl groups excluding tert-OH is 2. The Balaban J connectivity index is 1.28. The van der Waals surface area contributed by atoms with E-state index in [0.29, 0.717) is 30.1 Å². The van der Waals surface area contributed by atoms with Crippen LogP contribution in [0, 0.1) is 39.9 Å². The summed E-state index contributed by atoms with van der Waals surface area (Å²) in [7, 11) is 1.67. The fraction of sp³-hybridized carbons (Fsp3) is 0.750. The largest absolute Gasteiger partial charge is 0.512 e. The van der Waals surface area contributed by atoms with Crippen LogP contribution in [0.5, 0.6) is 0 Å². The van der Waals surface area contributed by atoms with Crippen LogP contribution in [0.25, 0.3) is 0 Å². The van der Waals surface area contributed by atoms with E-state index in [1.807, 2.05) is 6.92 Å². The third-order valence-corrected chi connectivity index (χ3v) is 12.5. The predicted molar refractivity (Wildman–Crippen MR) is 146 cm³/mol. The van der Waals surface area contributed by atoms with Crippen LogP contribution in [0.4, 0.5) is 5.69 Å². The zero-order valence-electron chi connectivity index (χ0n) is 23.4. The highest BCUT2D eigenvalue weighted by Crippen LogP contribution is 2.86. The molecule has 4 saturated carbocycles. The van der Waals surface area contributed by atoms with Gasteiger partial charge in [-0.25, -0.2) is 0 Å². The Kier molecular flexibility index (Phi) is 5.88. The number of methoxy groups -OCH3 is 1. The van der Waals surface area contributed by atoms with Crippen molar-refractivity contribution in [3.63, 3.8) is 0 Å². The number of anilines is 1. The molecule has 0 amide bonds. The van der Waals surface area contributed by atoms with Crippen molar-refractivity contribution in [1.29, 1.82) is 0 Å². The quantitative estimate of drug-likeness (QED) is 0.382. The molecule has 204 valence electrons. The Labute approximate surface area is 222 Å². The molecule has 1 aromatic rings. The smallest absolute Gasteiger partial charge is 0.110 e. The molecule has 0 radical (unpaired) electrons. The molecule has 0 aliphatic heterocycles. The molecule has 10 atom stereocenters. The van der Waals surface area contributed by atoms with Crippen molar-refractivity contribution < 1.29 is 20.1 Å². The van der Waals surface area contributed by atoms with Crippen molar-refractivity contribution in [3.8, 4) is 0 Å². The van der Waals surface area contributed by atoms with E-state index in [0.717, 1.165) is 24.9 Å². The highest BCUT2D eigenvalue weighted by molar-refractivity contribution is 5.53. The van der Waals surface area contributed by atoms with Crippen LogP contribution in [-0.2, 0) is 17.6 Å². The molecule has 1 spiro atoms. The van der Waals surface area contributed by atoms with Crippen LogP contribution in [0.3, 0.4) is 0 Å². The fourth-order valence-corrected chi connectivity index (χ4v) is 10.9. The van der Waals surface area contributed by atoms with E-state index in [9.17, 15) is 15.3 Å². The SMILES string of the molecule is CCc1ccc(CC2CCC3(CCC4CC5(C)C6(O)C(OC)C=C(O)C6C4C35C)C2)cc1NCC(C)O. The number of benzene rings is 1. The van der Waals surface area contributed by atoms with Gasteiger partial charge in [-0.1, -0.05) is 32.9 Å². The molecule has 5 aliphatic carbocycles.